The van der Waals surface area contributed by atoms with Crippen LogP contribution >= 0.6 is 0 Å². The van der Waals surface area contributed by atoms with Crippen molar-refractivity contribution in [2.45, 2.75) is 57.8 Å². The van der Waals surface area contributed by atoms with Crippen LogP contribution in [0.1, 0.15) is 40.5 Å². The van der Waals surface area contributed by atoms with E-state index in [1.54, 1.807) is 0 Å². The SMILES string of the molecule is CC(C)(C)[C@@]1(O)CC[C@]2(C)O[C@H]12. The summed E-state index contributed by atoms with van der Waals surface area (Å²) in [6.45, 7) is 8.35. The third-order valence-electron chi connectivity index (χ3n) is 3.62. The summed E-state index contributed by atoms with van der Waals surface area (Å²) in [5.74, 6) is 0. The molecule has 2 fully saturated rings. The Balaban J connectivity index is 2.25. The van der Waals surface area contributed by atoms with Crippen LogP contribution in [-0.4, -0.2) is 22.4 Å². The molecule has 0 amide bonds. The van der Waals surface area contributed by atoms with Gasteiger partial charge in [-0.2, -0.15) is 0 Å². The minimum atomic E-state index is -0.595. The zero-order valence-corrected chi connectivity index (χ0v) is 8.35. The van der Waals surface area contributed by atoms with Gasteiger partial charge in [0, 0.05) is 0 Å². The molecule has 1 aliphatic heterocycles. The van der Waals surface area contributed by atoms with Gasteiger partial charge in [0.25, 0.3) is 0 Å². The predicted octanol–water partition coefficient (Wildman–Crippen LogP) is 1.71. The van der Waals surface area contributed by atoms with Crippen molar-refractivity contribution in [3.63, 3.8) is 0 Å². The van der Waals surface area contributed by atoms with Crippen molar-refractivity contribution in [3.8, 4) is 0 Å². The van der Waals surface area contributed by atoms with E-state index in [2.05, 4.69) is 27.7 Å². The number of fused-ring (bicyclic) bond motifs is 1. The van der Waals surface area contributed by atoms with Gasteiger partial charge in [0.1, 0.15) is 6.10 Å². The summed E-state index contributed by atoms with van der Waals surface area (Å²) < 4.78 is 5.53. The van der Waals surface area contributed by atoms with E-state index in [1.807, 2.05) is 0 Å². The smallest absolute Gasteiger partial charge is 0.116 e. The highest BCUT2D eigenvalue weighted by Crippen LogP contribution is 2.60. The number of ether oxygens (including phenoxy) is 1. The number of hydrogen-bond donors (Lipinski definition) is 1. The highest BCUT2D eigenvalue weighted by atomic mass is 16.6. The van der Waals surface area contributed by atoms with Gasteiger partial charge in [0.15, 0.2) is 0 Å². The van der Waals surface area contributed by atoms with Crippen LogP contribution in [0.5, 0.6) is 0 Å². The van der Waals surface area contributed by atoms with E-state index in [1.165, 1.54) is 0 Å². The standard InChI is InChI=1S/C10H18O2/c1-8(2,3)10(11)6-5-9(4)7(10)12-9/h7,11H,5-6H2,1-4H3/t7-,9-,10+/m0/s1. The van der Waals surface area contributed by atoms with Gasteiger partial charge in [-0.3, -0.25) is 0 Å². The first kappa shape index (κ1) is 8.52. The molecular formula is C10H18O2. The maximum Gasteiger partial charge on any atom is 0.116 e. The molecule has 0 aromatic rings. The van der Waals surface area contributed by atoms with Gasteiger partial charge in [0.05, 0.1) is 11.2 Å². The minimum Gasteiger partial charge on any atom is -0.387 e. The molecular weight excluding hydrogens is 152 g/mol. The van der Waals surface area contributed by atoms with Crippen molar-refractivity contribution in [2.24, 2.45) is 5.41 Å². The van der Waals surface area contributed by atoms with Gasteiger partial charge in [-0.1, -0.05) is 20.8 Å². The molecule has 0 aromatic heterocycles. The van der Waals surface area contributed by atoms with E-state index in [0.717, 1.165) is 12.8 Å². The summed E-state index contributed by atoms with van der Waals surface area (Å²) in [7, 11) is 0. The van der Waals surface area contributed by atoms with Gasteiger partial charge >= 0.3 is 0 Å². The van der Waals surface area contributed by atoms with E-state index < -0.39 is 5.60 Å². The van der Waals surface area contributed by atoms with Crippen molar-refractivity contribution >= 4 is 0 Å². The number of rotatable bonds is 0. The molecule has 0 radical (unpaired) electrons. The first-order chi connectivity index (χ1) is 5.30. The highest BCUT2D eigenvalue weighted by molar-refractivity contribution is 5.19. The van der Waals surface area contributed by atoms with Crippen LogP contribution in [0, 0.1) is 5.41 Å². The van der Waals surface area contributed by atoms with Crippen molar-refractivity contribution in [1.29, 1.82) is 0 Å². The number of aliphatic hydroxyl groups is 1. The fourth-order valence-corrected chi connectivity index (χ4v) is 2.37. The second-order valence-electron chi connectivity index (χ2n) is 5.48. The third-order valence-corrected chi connectivity index (χ3v) is 3.62. The first-order valence-electron chi connectivity index (χ1n) is 4.70. The van der Waals surface area contributed by atoms with E-state index >= 15 is 0 Å². The zero-order valence-electron chi connectivity index (χ0n) is 8.35. The summed E-state index contributed by atoms with van der Waals surface area (Å²) in [5.41, 5.74) is -0.657. The van der Waals surface area contributed by atoms with Crippen molar-refractivity contribution in [2.75, 3.05) is 0 Å². The van der Waals surface area contributed by atoms with Crippen LogP contribution in [0.3, 0.4) is 0 Å². The van der Waals surface area contributed by atoms with E-state index in [-0.39, 0.29) is 17.1 Å². The summed E-state index contributed by atoms with van der Waals surface area (Å²) >= 11 is 0. The monoisotopic (exact) mass is 170 g/mol. The summed E-state index contributed by atoms with van der Waals surface area (Å²) in [6.07, 6.45) is 1.98. The minimum absolute atomic E-state index is 0.00201. The lowest BCUT2D eigenvalue weighted by Gasteiger charge is -2.37. The normalized spacial score (nSPS) is 52.2. The second kappa shape index (κ2) is 1.88. The highest BCUT2D eigenvalue weighted by Gasteiger charge is 2.70. The van der Waals surface area contributed by atoms with Gasteiger partial charge in [-0.15, -0.1) is 0 Å². The molecule has 0 unspecified atom stereocenters. The Morgan fingerprint density at radius 3 is 2.08 bits per heavy atom. The second-order valence-corrected chi connectivity index (χ2v) is 5.48. The number of epoxide rings is 1. The van der Waals surface area contributed by atoms with Gasteiger partial charge in [-0.05, 0) is 25.2 Å². The van der Waals surface area contributed by atoms with E-state index in [0.29, 0.717) is 0 Å². The molecule has 0 spiro atoms. The lowest BCUT2D eigenvalue weighted by atomic mass is 9.74. The molecule has 1 heterocycles. The quantitative estimate of drug-likeness (QED) is 0.561. The average Bonchev–Trinajstić information content (AvgIpc) is 2.50. The lowest BCUT2D eigenvalue weighted by Crippen LogP contribution is -2.46. The Labute approximate surface area is 73.9 Å². The Morgan fingerprint density at radius 1 is 1.33 bits per heavy atom. The fourth-order valence-electron chi connectivity index (χ4n) is 2.37. The van der Waals surface area contributed by atoms with Crippen LogP contribution in [0.4, 0.5) is 0 Å². The van der Waals surface area contributed by atoms with Crippen molar-refractivity contribution in [3.05, 3.63) is 0 Å². The molecule has 1 N–H and O–H groups in total. The maximum atomic E-state index is 10.4. The van der Waals surface area contributed by atoms with Crippen LogP contribution < -0.4 is 0 Å². The molecule has 1 saturated carbocycles. The molecule has 2 nitrogen and oxygen atoms in total. The molecule has 2 heteroatoms. The largest absolute Gasteiger partial charge is 0.387 e. The molecule has 2 rings (SSSR count). The molecule has 12 heavy (non-hydrogen) atoms. The van der Waals surface area contributed by atoms with Gasteiger partial charge in [0.2, 0.25) is 0 Å². The topological polar surface area (TPSA) is 32.8 Å². The van der Waals surface area contributed by atoms with E-state index in [4.69, 9.17) is 4.74 Å². The van der Waals surface area contributed by atoms with Crippen LogP contribution in [0.15, 0.2) is 0 Å². The average molecular weight is 170 g/mol. The Bertz CT molecular complexity index is 218. The Morgan fingerprint density at radius 2 is 1.92 bits per heavy atom. The molecule has 0 aromatic carbocycles. The summed E-state index contributed by atoms with van der Waals surface area (Å²) in [5, 5.41) is 10.4. The van der Waals surface area contributed by atoms with Crippen LogP contribution in [-0.2, 0) is 4.74 Å². The molecule has 3 atom stereocenters. The molecule has 1 saturated heterocycles. The maximum absolute atomic E-state index is 10.4. The summed E-state index contributed by atoms with van der Waals surface area (Å²) in [4.78, 5) is 0. The van der Waals surface area contributed by atoms with Gasteiger partial charge < -0.3 is 9.84 Å². The van der Waals surface area contributed by atoms with Gasteiger partial charge in [-0.25, -0.2) is 0 Å². The first-order valence-corrected chi connectivity index (χ1v) is 4.70. The fraction of sp³-hybridized carbons (Fsp3) is 1.00. The van der Waals surface area contributed by atoms with Crippen LogP contribution in [0.25, 0.3) is 0 Å². The molecule has 2 aliphatic rings. The Hall–Kier alpha value is -0.0800. The Kier molecular flexibility index (Phi) is 1.33. The van der Waals surface area contributed by atoms with Crippen molar-refractivity contribution < 1.29 is 9.84 Å². The lowest BCUT2D eigenvalue weighted by molar-refractivity contribution is -0.0823. The summed E-state index contributed by atoms with van der Waals surface area (Å²) in [6, 6.07) is 0. The molecule has 70 valence electrons. The van der Waals surface area contributed by atoms with Crippen molar-refractivity contribution in [1.82, 2.24) is 0 Å². The van der Waals surface area contributed by atoms with E-state index in [9.17, 15) is 5.11 Å². The number of hydrogen-bond acceptors (Lipinski definition) is 2. The molecule has 1 aliphatic carbocycles. The van der Waals surface area contributed by atoms with Crippen LogP contribution in [0.2, 0.25) is 0 Å². The molecule has 0 bridgehead atoms. The predicted molar refractivity (Wildman–Crippen MR) is 46.9 cm³/mol. The zero-order chi connectivity index (χ0) is 9.20. The third kappa shape index (κ3) is 0.826.